The molecular formula is C12H10BrClN2O2S. The van der Waals surface area contributed by atoms with Crippen LogP contribution in [0.5, 0.6) is 0 Å². The fourth-order valence-electron chi connectivity index (χ4n) is 1.47. The van der Waals surface area contributed by atoms with Crippen molar-refractivity contribution in [2.45, 2.75) is 11.8 Å². The van der Waals surface area contributed by atoms with Crippen molar-refractivity contribution < 1.29 is 8.42 Å². The Bertz CT molecular complexity index is 702. The highest BCUT2D eigenvalue weighted by Crippen LogP contribution is 2.23. The Morgan fingerprint density at radius 3 is 2.58 bits per heavy atom. The van der Waals surface area contributed by atoms with Crippen molar-refractivity contribution in [1.82, 2.24) is 4.98 Å². The van der Waals surface area contributed by atoms with E-state index in [2.05, 4.69) is 25.6 Å². The number of aryl methyl sites for hydroxylation is 1. The summed E-state index contributed by atoms with van der Waals surface area (Å²) >= 11 is 8.96. The number of aromatic nitrogens is 1. The lowest BCUT2D eigenvalue weighted by Gasteiger charge is -2.10. The van der Waals surface area contributed by atoms with Crippen LogP contribution < -0.4 is 4.72 Å². The van der Waals surface area contributed by atoms with Crippen LogP contribution in [0.3, 0.4) is 0 Å². The van der Waals surface area contributed by atoms with Crippen LogP contribution in [-0.2, 0) is 10.0 Å². The largest absolute Gasteiger partial charge is 0.279 e. The molecule has 100 valence electrons. The van der Waals surface area contributed by atoms with Crippen LogP contribution in [0.15, 0.2) is 45.9 Å². The third-order valence-electron chi connectivity index (χ3n) is 2.44. The molecule has 0 unspecified atom stereocenters. The first-order chi connectivity index (χ1) is 8.88. The van der Waals surface area contributed by atoms with Gasteiger partial charge in [-0.15, -0.1) is 0 Å². The van der Waals surface area contributed by atoms with E-state index in [1.165, 1.54) is 18.3 Å². The van der Waals surface area contributed by atoms with E-state index in [0.717, 1.165) is 10.0 Å². The molecule has 0 amide bonds. The summed E-state index contributed by atoms with van der Waals surface area (Å²) < 4.78 is 27.7. The number of nitrogens with one attached hydrogen (secondary N) is 1. The van der Waals surface area contributed by atoms with E-state index in [9.17, 15) is 8.42 Å². The summed E-state index contributed by atoms with van der Waals surface area (Å²) in [5, 5.41) is 0.249. The third-order valence-corrected chi connectivity index (χ3v) is 4.51. The van der Waals surface area contributed by atoms with E-state index < -0.39 is 10.0 Å². The summed E-state index contributed by atoms with van der Waals surface area (Å²) in [6.45, 7) is 1.82. The molecule has 4 nitrogen and oxygen atoms in total. The van der Waals surface area contributed by atoms with E-state index >= 15 is 0 Å². The van der Waals surface area contributed by atoms with Gasteiger partial charge in [-0.1, -0.05) is 27.5 Å². The molecule has 0 fully saturated rings. The van der Waals surface area contributed by atoms with Gasteiger partial charge in [0.25, 0.3) is 10.0 Å². The Labute approximate surface area is 125 Å². The lowest BCUT2D eigenvalue weighted by molar-refractivity contribution is 0.601. The van der Waals surface area contributed by atoms with Gasteiger partial charge in [-0.05, 0) is 42.8 Å². The molecule has 7 heteroatoms. The molecule has 1 aromatic carbocycles. The Balaban J connectivity index is 2.33. The summed E-state index contributed by atoms with van der Waals surface area (Å²) in [5.74, 6) is 0. The number of anilines is 1. The molecule has 1 N–H and O–H groups in total. The lowest BCUT2D eigenvalue weighted by Crippen LogP contribution is -2.13. The number of rotatable bonds is 3. The van der Waals surface area contributed by atoms with Gasteiger partial charge in [0.05, 0.1) is 5.69 Å². The zero-order valence-corrected chi connectivity index (χ0v) is 13.1. The van der Waals surface area contributed by atoms with Gasteiger partial charge in [0.2, 0.25) is 0 Å². The first-order valence-corrected chi connectivity index (χ1v) is 7.94. The number of pyridine rings is 1. The van der Waals surface area contributed by atoms with Crippen LogP contribution in [-0.4, -0.2) is 13.4 Å². The summed E-state index contributed by atoms with van der Waals surface area (Å²) in [6.07, 6.45) is 1.22. The molecule has 0 radical (unpaired) electrons. The molecule has 0 aliphatic rings. The Kier molecular flexibility index (Phi) is 4.13. The lowest BCUT2D eigenvalue weighted by atomic mass is 10.2. The molecule has 0 aliphatic carbocycles. The van der Waals surface area contributed by atoms with Gasteiger partial charge in [-0.3, -0.25) is 4.72 Å². The van der Waals surface area contributed by atoms with Crippen molar-refractivity contribution in [3.05, 3.63) is 51.7 Å². The van der Waals surface area contributed by atoms with E-state index in [4.69, 9.17) is 11.6 Å². The first kappa shape index (κ1) is 14.3. The zero-order chi connectivity index (χ0) is 14.0. The molecule has 0 bridgehead atoms. The molecule has 2 aromatic rings. The zero-order valence-electron chi connectivity index (χ0n) is 9.89. The highest BCUT2D eigenvalue weighted by Gasteiger charge is 2.15. The molecular weight excluding hydrogens is 352 g/mol. The van der Waals surface area contributed by atoms with E-state index in [0.29, 0.717) is 5.69 Å². The van der Waals surface area contributed by atoms with Gasteiger partial charge >= 0.3 is 0 Å². The highest BCUT2D eigenvalue weighted by molar-refractivity contribution is 9.10. The molecule has 0 spiro atoms. The average Bonchev–Trinajstić information content (AvgIpc) is 2.33. The summed E-state index contributed by atoms with van der Waals surface area (Å²) in [4.78, 5) is 3.83. The number of hydrogen-bond donors (Lipinski definition) is 1. The van der Waals surface area contributed by atoms with Gasteiger partial charge in [0, 0.05) is 10.7 Å². The summed E-state index contributed by atoms with van der Waals surface area (Å²) in [6, 6.07) is 8.14. The quantitative estimate of drug-likeness (QED) is 0.850. The van der Waals surface area contributed by atoms with Gasteiger partial charge in [0.15, 0.2) is 0 Å². The fourth-order valence-corrected chi connectivity index (χ4v) is 3.13. The summed E-state index contributed by atoms with van der Waals surface area (Å²) in [5.41, 5.74) is 1.35. The number of benzene rings is 1. The monoisotopic (exact) mass is 360 g/mol. The van der Waals surface area contributed by atoms with Crippen molar-refractivity contribution in [3.8, 4) is 0 Å². The molecule has 1 aromatic heterocycles. The highest BCUT2D eigenvalue weighted by atomic mass is 79.9. The Hall–Kier alpha value is -1.11. The normalized spacial score (nSPS) is 11.3. The second-order valence-corrected chi connectivity index (χ2v) is 6.87. The molecule has 0 aliphatic heterocycles. The van der Waals surface area contributed by atoms with E-state index in [-0.39, 0.29) is 10.0 Å². The fraction of sp³-hybridized carbons (Fsp3) is 0.0833. The molecule has 2 rings (SSSR count). The van der Waals surface area contributed by atoms with Crippen LogP contribution in [0.25, 0.3) is 0 Å². The number of halogens is 2. The molecule has 0 atom stereocenters. The minimum absolute atomic E-state index is 0.0687. The second-order valence-electron chi connectivity index (χ2n) is 3.88. The van der Waals surface area contributed by atoms with Gasteiger partial charge in [-0.25, -0.2) is 13.4 Å². The van der Waals surface area contributed by atoms with Crippen molar-refractivity contribution >= 4 is 43.2 Å². The van der Waals surface area contributed by atoms with Gasteiger partial charge < -0.3 is 0 Å². The number of nitrogens with zero attached hydrogens (tertiary/aromatic N) is 1. The molecule has 0 saturated heterocycles. The minimum atomic E-state index is -3.65. The number of hydrogen-bond acceptors (Lipinski definition) is 3. The SMILES string of the molecule is Cc1cc(Br)ccc1NS(=O)(=O)c1ccc(Cl)nc1. The second kappa shape index (κ2) is 5.48. The Morgan fingerprint density at radius 2 is 2.00 bits per heavy atom. The maximum absolute atomic E-state index is 12.1. The smallest absolute Gasteiger partial charge is 0.263 e. The maximum atomic E-state index is 12.1. The first-order valence-electron chi connectivity index (χ1n) is 5.29. The van der Waals surface area contributed by atoms with Crippen LogP contribution >= 0.6 is 27.5 Å². The maximum Gasteiger partial charge on any atom is 0.263 e. The summed E-state index contributed by atoms with van der Waals surface area (Å²) in [7, 11) is -3.65. The predicted molar refractivity (Wildman–Crippen MR) is 78.9 cm³/mol. The Morgan fingerprint density at radius 1 is 1.26 bits per heavy atom. The minimum Gasteiger partial charge on any atom is -0.279 e. The molecule has 1 heterocycles. The van der Waals surface area contributed by atoms with Crippen molar-refractivity contribution in [2.75, 3.05) is 4.72 Å². The van der Waals surface area contributed by atoms with Gasteiger partial charge in [0.1, 0.15) is 10.0 Å². The number of sulfonamides is 1. The van der Waals surface area contributed by atoms with Crippen LogP contribution in [0.2, 0.25) is 5.15 Å². The average molecular weight is 362 g/mol. The standard InChI is InChI=1S/C12H10BrClN2O2S/c1-8-6-9(13)2-4-11(8)16-19(17,18)10-3-5-12(14)15-7-10/h2-7,16H,1H3. The van der Waals surface area contributed by atoms with Crippen molar-refractivity contribution in [2.24, 2.45) is 0 Å². The predicted octanol–water partition coefficient (Wildman–Crippen LogP) is 3.61. The topological polar surface area (TPSA) is 59.1 Å². The molecule has 19 heavy (non-hydrogen) atoms. The molecule has 0 saturated carbocycles. The van der Waals surface area contributed by atoms with Crippen LogP contribution in [0.1, 0.15) is 5.56 Å². The van der Waals surface area contributed by atoms with Crippen molar-refractivity contribution in [3.63, 3.8) is 0 Å². The van der Waals surface area contributed by atoms with E-state index in [1.807, 2.05) is 13.0 Å². The third kappa shape index (κ3) is 3.46. The van der Waals surface area contributed by atoms with Crippen LogP contribution in [0, 0.1) is 6.92 Å². The van der Waals surface area contributed by atoms with Gasteiger partial charge in [-0.2, -0.15) is 0 Å². The van der Waals surface area contributed by atoms with E-state index in [1.54, 1.807) is 12.1 Å². The van der Waals surface area contributed by atoms with Crippen LogP contribution in [0.4, 0.5) is 5.69 Å². The van der Waals surface area contributed by atoms with Crippen molar-refractivity contribution in [1.29, 1.82) is 0 Å².